The SMILES string of the molecule is C=CCOCC(=C)C(C)(C)C. The Hall–Kier alpha value is -0.560. The lowest BCUT2D eigenvalue weighted by Gasteiger charge is -2.21. The normalized spacial score (nSPS) is 11.2. The van der Waals surface area contributed by atoms with Gasteiger partial charge in [-0.1, -0.05) is 33.4 Å². The second-order valence-corrected chi connectivity index (χ2v) is 3.66. The maximum Gasteiger partial charge on any atom is 0.0683 e. The molecule has 0 aromatic rings. The van der Waals surface area contributed by atoms with E-state index in [2.05, 4.69) is 33.9 Å². The lowest BCUT2D eigenvalue weighted by atomic mass is 9.88. The summed E-state index contributed by atoms with van der Waals surface area (Å²) in [5.41, 5.74) is 1.28. The van der Waals surface area contributed by atoms with Crippen LogP contribution in [-0.4, -0.2) is 13.2 Å². The zero-order valence-electron chi connectivity index (χ0n) is 7.81. The Labute approximate surface area is 69.8 Å². The highest BCUT2D eigenvalue weighted by molar-refractivity contribution is 5.05. The van der Waals surface area contributed by atoms with Gasteiger partial charge in [0.25, 0.3) is 0 Å². The number of rotatable bonds is 4. The average molecular weight is 154 g/mol. The zero-order valence-corrected chi connectivity index (χ0v) is 7.81. The molecule has 0 amide bonds. The van der Waals surface area contributed by atoms with E-state index >= 15 is 0 Å². The fourth-order valence-corrected chi connectivity index (χ4v) is 0.482. The molecule has 0 aromatic carbocycles. The standard InChI is InChI=1S/C10H18O/c1-6-7-11-8-9(2)10(3,4)5/h6H,1-2,7-8H2,3-5H3. The number of hydrogen-bond donors (Lipinski definition) is 0. The molecule has 11 heavy (non-hydrogen) atoms. The lowest BCUT2D eigenvalue weighted by Crippen LogP contribution is -2.13. The van der Waals surface area contributed by atoms with Crippen LogP contribution in [0.25, 0.3) is 0 Å². The third-order valence-corrected chi connectivity index (χ3v) is 1.57. The summed E-state index contributed by atoms with van der Waals surface area (Å²) in [6.07, 6.45) is 1.75. The summed E-state index contributed by atoms with van der Waals surface area (Å²) < 4.78 is 5.25. The van der Waals surface area contributed by atoms with Gasteiger partial charge in [0.2, 0.25) is 0 Å². The van der Waals surface area contributed by atoms with E-state index < -0.39 is 0 Å². The van der Waals surface area contributed by atoms with Gasteiger partial charge >= 0.3 is 0 Å². The van der Waals surface area contributed by atoms with Crippen LogP contribution >= 0.6 is 0 Å². The van der Waals surface area contributed by atoms with Crippen LogP contribution in [-0.2, 0) is 4.74 Å². The van der Waals surface area contributed by atoms with Gasteiger partial charge in [-0.25, -0.2) is 0 Å². The van der Waals surface area contributed by atoms with Gasteiger partial charge in [0.1, 0.15) is 0 Å². The maximum atomic E-state index is 5.25. The number of ether oxygens (including phenoxy) is 1. The highest BCUT2D eigenvalue weighted by atomic mass is 16.5. The summed E-state index contributed by atoms with van der Waals surface area (Å²) >= 11 is 0. The third kappa shape index (κ3) is 4.79. The van der Waals surface area contributed by atoms with E-state index in [-0.39, 0.29) is 5.41 Å². The smallest absolute Gasteiger partial charge is 0.0683 e. The van der Waals surface area contributed by atoms with E-state index in [0.29, 0.717) is 13.2 Å². The molecule has 0 aliphatic heterocycles. The molecule has 0 radical (unpaired) electrons. The molecule has 0 N–H and O–H groups in total. The van der Waals surface area contributed by atoms with Gasteiger partial charge in [-0.15, -0.1) is 6.58 Å². The van der Waals surface area contributed by atoms with Crippen LogP contribution in [0.2, 0.25) is 0 Å². The summed E-state index contributed by atoms with van der Waals surface area (Å²) in [6, 6.07) is 0. The minimum atomic E-state index is 0.154. The third-order valence-electron chi connectivity index (χ3n) is 1.57. The van der Waals surface area contributed by atoms with Gasteiger partial charge in [-0.05, 0) is 11.0 Å². The van der Waals surface area contributed by atoms with Gasteiger partial charge in [0.05, 0.1) is 13.2 Å². The molecule has 0 atom stereocenters. The van der Waals surface area contributed by atoms with E-state index in [1.807, 2.05) is 0 Å². The minimum absolute atomic E-state index is 0.154. The molecule has 0 aliphatic carbocycles. The Balaban J connectivity index is 3.62. The molecule has 0 fully saturated rings. The summed E-state index contributed by atoms with van der Waals surface area (Å²) in [6.45, 7) is 15.1. The van der Waals surface area contributed by atoms with Gasteiger partial charge in [0, 0.05) is 0 Å². The molecule has 0 saturated carbocycles. The molecule has 0 aliphatic rings. The quantitative estimate of drug-likeness (QED) is 0.447. The monoisotopic (exact) mass is 154 g/mol. The molecule has 1 heteroatoms. The van der Waals surface area contributed by atoms with Gasteiger partial charge < -0.3 is 4.74 Å². The van der Waals surface area contributed by atoms with Crippen molar-refractivity contribution in [3.8, 4) is 0 Å². The first kappa shape index (κ1) is 10.4. The van der Waals surface area contributed by atoms with Gasteiger partial charge in [-0.3, -0.25) is 0 Å². The summed E-state index contributed by atoms with van der Waals surface area (Å²) in [5.74, 6) is 0. The number of hydrogen-bond acceptors (Lipinski definition) is 1. The Morgan fingerprint density at radius 1 is 1.45 bits per heavy atom. The Morgan fingerprint density at radius 2 is 2.00 bits per heavy atom. The topological polar surface area (TPSA) is 9.23 Å². The highest BCUT2D eigenvalue weighted by Gasteiger charge is 2.13. The van der Waals surface area contributed by atoms with Crippen molar-refractivity contribution in [3.05, 3.63) is 24.8 Å². The summed E-state index contributed by atoms with van der Waals surface area (Å²) in [4.78, 5) is 0. The molecule has 0 bridgehead atoms. The van der Waals surface area contributed by atoms with E-state index in [1.165, 1.54) is 0 Å². The molecule has 0 unspecified atom stereocenters. The van der Waals surface area contributed by atoms with Crippen LogP contribution in [0.15, 0.2) is 24.8 Å². The van der Waals surface area contributed by atoms with Gasteiger partial charge in [-0.2, -0.15) is 0 Å². The molecular weight excluding hydrogens is 136 g/mol. The van der Waals surface area contributed by atoms with Crippen LogP contribution in [0.3, 0.4) is 0 Å². The predicted molar refractivity (Wildman–Crippen MR) is 49.6 cm³/mol. The van der Waals surface area contributed by atoms with Gasteiger partial charge in [0.15, 0.2) is 0 Å². The Morgan fingerprint density at radius 3 is 2.36 bits per heavy atom. The Kier molecular flexibility index (Phi) is 4.12. The second kappa shape index (κ2) is 4.35. The lowest BCUT2D eigenvalue weighted by molar-refractivity contribution is 0.173. The second-order valence-electron chi connectivity index (χ2n) is 3.66. The molecule has 0 rings (SSSR count). The van der Waals surface area contributed by atoms with Crippen molar-refractivity contribution in [2.45, 2.75) is 20.8 Å². The molecule has 64 valence electrons. The first-order valence-electron chi connectivity index (χ1n) is 3.85. The summed E-state index contributed by atoms with van der Waals surface area (Å²) in [5, 5.41) is 0. The van der Waals surface area contributed by atoms with Crippen molar-refractivity contribution in [1.82, 2.24) is 0 Å². The molecule has 0 aromatic heterocycles. The highest BCUT2D eigenvalue weighted by Crippen LogP contribution is 2.23. The molecule has 0 heterocycles. The fourth-order valence-electron chi connectivity index (χ4n) is 0.482. The van der Waals surface area contributed by atoms with Crippen molar-refractivity contribution in [3.63, 3.8) is 0 Å². The fraction of sp³-hybridized carbons (Fsp3) is 0.600. The minimum Gasteiger partial charge on any atom is -0.373 e. The maximum absolute atomic E-state index is 5.25. The van der Waals surface area contributed by atoms with E-state index in [4.69, 9.17) is 4.74 Å². The van der Waals surface area contributed by atoms with Crippen molar-refractivity contribution >= 4 is 0 Å². The van der Waals surface area contributed by atoms with Crippen LogP contribution in [0.5, 0.6) is 0 Å². The molecule has 0 saturated heterocycles. The van der Waals surface area contributed by atoms with E-state index in [0.717, 1.165) is 5.57 Å². The average Bonchev–Trinajstić information content (AvgIpc) is 1.86. The molecule has 1 nitrogen and oxygen atoms in total. The first-order chi connectivity index (χ1) is 4.98. The van der Waals surface area contributed by atoms with Crippen molar-refractivity contribution < 1.29 is 4.74 Å². The van der Waals surface area contributed by atoms with Crippen LogP contribution in [0.1, 0.15) is 20.8 Å². The van der Waals surface area contributed by atoms with E-state index in [1.54, 1.807) is 6.08 Å². The van der Waals surface area contributed by atoms with Crippen LogP contribution in [0, 0.1) is 5.41 Å². The van der Waals surface area contributed by atoms with Crippen molar-refractivity contribution in [2.75, 3.05) is 13.2 Å². The Bertz CT molecular complexity index is 139. The van der Waals surface area contributed by atoms with Crippen LogP contribution < -0.4 is 0 Å². The zero-order chi connectivity index (χ0) is 8.91. The summed E-state index contributed by atoms with van der Waals surface area (Å²) in [7, 11) is 0. The first-order valence-corrected chi connectivity index (χ1v) is 3.85. The molecular formula is C10H18O. The largest absolute Gasteiger partial charge is 0.373 e. The van der Waals surface area contributed by atoms with E-state index in [9.17, 15) is 0 Å². The van der Waals surface area contributed by atoms with Crippen molar-refractivity contribution in [2.24, 2.45) is 5.41 Å². The van der Waals surface area contributed by atoms with Crippen LogP contribution in [0.4, 0.5) is 0 Å². The predicted octanol–water partition coefficient (Wildman–Crippen LogP) is 2.79. The molecule has 0 spiro atoms. The van der Waals surface area contributed by atoms with Crippen molar-refractivity contribution in [1.29, 1.82) is 0 Å².